The quantitative estimate of drug-likeness (QED) is 0.334. The van der Waals surface area contributed by atoms with Gasteiger partial charge in [0.1, 0.15) is 0 Å². The molecule has 8 aliphatic rings. The first kappa shape index (κ1) is 17.8. The molecule has 26 heavy (non-hydrogen) atoms. The Balaban J connectivity index is 1.56. The van der Waals surface area contributed by atoms with Crippen LogP contribution in [0.5, 0.6) is 0 Å². The molecule has 8 fully saturated rings. The van der Waals surface area contributed by atoms with Crippen molar-refractivity contribution in [3.05, 3.63) is 0 Å². The van der Waals surface area contributed by atoms with Crippen LogP contribution in [0.1, 0.15) is 91.9 Å². The van der Waals surface area contributed by atoms with Gasteiger partial charge in [-0.3, -0.25) is 0 Å². The average Bonchev–Trinajstić information content (AvgIpc) is 2.50. The van der Waals surface area contributed by atoms with Crippen LogP contribution in [0.15, 0.2) is 0 Å². The minimum atomic E-state index is 0.208. The molecular weight excluding hydrogens is 448 g/mol. The van der Waals surface area contributed by atoms with Gasteiger partial charge in [-0.15, -0.1) is 0 Å². The third-order valence-electron chi connectivity index (χ3n) is 12.0. The summed E-state index contributed by atoms with van der Waals surface area (Å²) in [5.74, 6) is 4.15. The summed E-state index contributed by atoms with van der Waals surface area (Å²) in [7, 11) is 0. The summed E-state index contributed by atoms with van der Waals surface area (Å²) in [5.41, 5.74) is 2.02. The molecule has 0 N–H and O–H groups in total. The molecule has 5 atom stereocenters. The van der Waals surface area contributed by atoms with Crippen molar-refractivity contribution < 1.29 is 0 Å². The maximum absolute atomic E-state index is 4.43. The SMILES string of the molecule is CC1(C)C2(C)CC3CC(Br)(CC1(C14CC5CC(CC(C5)C1)C4)C3)C2(C)Br. The number of rotatable bonds is 1. The molecule has 0 spiro atoms. The fourth-order valence-corrected chi connectivity index (χ4v) is 13.4. The van der Waals surface area contributed by atoms with E-state index in [0.29, 0.717) is 26.0 Å². The molecule has 0 aromatic rings. The van der Waals surface area contributed by atoms with E-state index < -0.39 is 0 Å². The number of hydrogen-bond acceptors (Lipinski definition) is 0. The first-order valence-corrected chi connectivity index (χ1v) is 12.9. The number of halogens is 2. The van der Waals surface area contributed by atoms with E-state index in [-0.39, 0.29) is 4.32 Å². The van der Waals surface area contributed by atoms with E-state index in [2.05, 4.69) is 59.6 Å². The van der Waals surface area contributed by atoms with Gasteiger partial charge in [-0.05, 0) is 116 Å². The maximum Gasteiger partial charge on any atom is 0.0441 e. The van der Waals surface area contributed by atoms with Gasteiger partial charge in [0.05, 0.1) is 0 Å². The smallest absolute Gasteiger partial charge is 0.0441 e. The van der Waals surface area contributed by atoms with Gasteiger partial charge in [0.25, 0.3) is 0 Å². The van der Waals surface area contributed by atoms with Crippen LogP contribution in [0.4, 0.5) is 0 Å². The molecule has 5 unspecified atom stereocenters. The molecule has 8 saturated carbocycles. The largest absolute Gasteiger partial charge is 0.0838 e. The lowest BCUT2D eigenvalue weighted by Gasteiger charge is -2.83. The summed E-state index contributed by atoms with van der Waals surface area (Å²) in [6.45, 7) is 10.6. The third kappa shape index (κ3) is 1.62. The van der Waals surface area contributed by atoms with Crippen LogP contribution < -0.4 is 0 Å². The van der Waals surface area contributed by atoms with Gasteiger partial charge < -0.3 is 0 Å². The maximum atomic E-state index is 4.43. The second kappa shape index (κ2) is 4.65. The van der Waals surface area contributed by atoms with Crippen LogP contribution in [-0.2, 0) is 0 Å². The van der Waals surface area contributed by atoms with Gasteiger partial charge in [0.15, 0.2) is 0 Å². The zero-order valence-electron chi connectivity index (χ0n) is 17.1. The highest BCUT2D eigenvalue weighted by Gasteiger charge is 2.81. The van der Waals surface area contributed by atoms with Gasteiger partial charge >= 0.3 is 0 Å². The normalized spacial score (nSPS) is 67.2. The number of alkyl halides is 2. The molecule has 0 aromatic carbocycles. The second-order valence-corrected chi connectivity index (χ2v) is 16.0. The minimum Gasteiger partial charge on any atom is -0.0838 e. The van der Waals surface area contributed by atoms with E-state index in [1.54, 1.807) is 38.5 Å². The van der Waals surface area contributed by atoms with Crippen LogP contribution in [0.3, 0.4) is 0 Å². The molecule has 8 aliphatic carbocycles. The summed E-state index contributed by atoms with van der Waals surface area (Å²) in [5, 5.41) is 0. The molecule has 0 nitrogen and oxygen atoms in total. The topological polar surface area (TPSA) is 0 Å². The molecule has 0 radical (unpaired) electrons. The Morgan fingerprint density at radius 2 is 1.19 bits per heavy atom. The average molecular weight is 484 g/mol. The fraction of sp³-hybridized carbons (Fsp3) is 1.00. The summed E-state index contributed by atoms with van der Waals surface area (Å²) >= 11 is 8.79. The Labute approximate surface area is 177 Å². The minimum absolute atomic E-state index is 0.208. The molecule has 2 heteroatoms. The molecule has 0 aliphatic heterocycles. The van der Waals surface area contributed by atoms with Crippen LogP contribution in [0.2, 0.25) is 0 Å². The monoisotopic (exact) mass is 482 g/mol. The lowest BCUT2D eigenvalue weighted by molar-refractivity contribution is -0.291. The van der Waals surface area contributed by atoms with Gasteiger partial charge in [0.2, 0.25) is 0 Å². The highest BCUT2D eigenvalue weighted by Crippen LogP contribution is 2.86. The third-order valence-corrected chi connectivity index (χ3v) is 15.6. The first-order chi connectivity index (χ1) is 12.0. The van der Waals surface area contributed by atoms with Gasteiger partial charge in [-0.1, -0.05) is 52.6 Å². The predicted molar refractivity (Wildman–Crippen MR) is 116 cm³/mol. The molecule has 8 rings (SSSR count). The van der Waals surface area contributed by atoms with Crippen LogP contribution in [-0.4, -0.2) is 8.65 Å². The van der Waals surface area contributed by atoms with E-state index >= 15 is 0 Å². The standard InChI is InChI=1S/C24H36Br2/c1-19(2)20(3)8-18-12-23(19,14-24(26,13-18)21(20,4)25)22-9-15-5-16(10-22)7-17(6-15)11-22/h15-18H,5-14H2,1-4H3. The lowest BCUT2D eigenvalue weighted by atomic mass is 9.25. The van der Waals surface area contributed by atoms with Crippen molar-refractivity contribution in [3.63, 3.8) is 0 Å². The molecule has 0 amide bonds. The Morgan fingerprint density at radius 1 is 0.654 bits per heavy atom. The summed E-state index contributed by atoms with van der Waals surface area (Å²) in [6.07, 6.45) is 15.3. The summed E-state index contributed by atoms with van der Waals surface area (Å²) < 4.78 is 0.508. The van der Waals surface area contributed by atoms with Crippen LogP contribution in [0, 0.1) is 45.3 Å². The first-order valence-electron chi connectivity index (χ1n) is 11.4. The molecule has 0 aromatic heterocycles. The van der Waals surface area contributed by atoms with Crippen LogP contribution >= 0.6 is 31.9 Å². The zero-order chi connectivity index (χ0) is 18.4. The molecular formula is C24H36Br2. The summed E-state index contributed by atoms with van der Waals surface area (Å²) in [6, 6.07) is 0. The van der Waals surface area contributed by atoms with Crippen molar-refractivity contribution in [2.24, 2.45) is 45.3 Å². The second-order valence-electron chi connectivity index (χ2n) is 12.9. The predicted octanol–water partition coefficient (Wildman–Crippen LogP) is 7.73. The van der Waals surface area contributed by atoms with E-state index in [9.17, 15) is 0 Å². The van der Waals surface area contributed by atoms with Gasteiger partial charge in [-0.2, -0.15) is 0 Å². The Kier molecular flexibility index (Phi) is 3.18. The van der Waals surface area contributed by atoms with Crippen molar-refractivity contribution in [2.75, 3.05) is 0 Å². The van der Waals surface area contributed by atoms with E-state index in [0.717, 1.165) is 23.7 Å². The van der Waals surface area contributed by atoms with Gasteiger partial charge in [0, 0.05) is 8.65 Å². The van der Waals surface area contributed by atoms with E-state index in [4.69, 9.17) is 0 Å². The molecule has 0 heterocycles. The van der Waals surface area contributed by atoms with Crippen molar-refractivity contribution in [1.29, 1.82) is 0 Å². The zero-order valence-corrected chi connectivity index (χ0v) is 20.3. The van der Waals surface area contributed by atoms with E-state index in [1.807, 2.05) is 0 Å². The van der Waals surface area contributed by atoms with Crippen molar-refractivity contribution >= 4 is 31.9 Å². The molecule has 8 bridgehead atoms. The van der Waals surface area contributed by atoms with Crippen molar-refractivity contribution in [1.82, 2.24) is 0 Å². The number of hydrogen-bond donors (Lipinski definition) is 0. The Morgan fingerprint density at radius 3 is 1.73 bits per heavy atom. The highest BCUT2D eigenvalue weighted by molar-refractivity contribution is 9.13. The molecule has 0 saturated heterocycles. The lowest BCUT2D eigenvalue weighted by Crippen LogP contribution is -2.80. The van der Waals surface area contributed by atoms with E-state index in [1.165, 1.54) is 25.7 Å². The van der Waals surface area contributed by atoms with Gasteiger partial charge in [-0.25, -0.2) is 0 Å². The Hall–Kier alpha value is 0.960. The van der Waals surface area contributed by atoms with Crippen LogP contribution in [0.25, 0.3) is 0 Å². The summed E-state index contributed by atoms with van der Waals surface area (Å²) in [4.78, 5) is 0. The fourth-order valence-electron chi connectivity index (χ4n) is 11.0. The van der Waals surface area contributed by atoms with Crippen molar-refractivity contribution in [3.8, 4) is 0 Å². The highest BCUT2D eigenvalue weighted by atomic mass is 79.9. The van der Waals surface area contributed by atoms with Crippen molar-refractivity contribution in [2.45, 2.75) is 101 Å². The Bertz CT molecular complexity index is 642. The molecule has 146 valence electrons.